The summed E-state index contributed by atoms with van der Waals surface area (Å²) in [5.74, 6) is 2.38. The number of ether oxygens (including phenoxy) is 1. The number of aryl methyl sites for hydroxylation is 2. The van der Waals surface area contributed by atoms with E-state index >= 15 is 0 Å². The third kappa shape index (κ3) is 2.84. The Labute approximate surface area is 125 Å². The maximum atomic E-state index is 6.04. The van der Waals surface area contributed by atoms with Crippen LogP contribution in [0.3, 0.4) is 0 Å². The highest BCUT2D eigenvalue weighted by Crippen LogP contribution is 2.31. The maximum Gasteiger partial charge on any atom is 0.227 e. The average molecular weight is 283 g/mol. The Morgan fingerprint density at radius 1 is 1.19 bits per heavy atom. The van der Waals surface area contributed by atoms with Gasteiger partial charge >= 0.3 is 0 Å². The molecule has 1 heterocycles. The Morgan fingerprint density at radius 2 is 2.05 bits per heavy atom. The van der Waals surface area contributed by atoms with Gasteiger partial charge in [0.25, 0.3) is 0 Å². The molecule has 2 aromatic rings. The summed E-state index contributed by atoms with van der Waals surface area (Å²) >= 11 is 0. The molecule has 1 aliphatic rings. The molecular formula is C17H21N3O. The maximum absolute atomic E-state index is 6.04. The van der Waals surface area contributed by atoms with Gasteiger partial charge in [-0.05, 0) is 48.9 Å². The molecular weight excluding hydrogens is 262 g/mol. The van der Waals surface area contributed by atoms with Crippen molar-refractivity contribution in [3.63, 3.8) is 0 Å². The molecule has 110 valence electrons. The van der Waals surface area contributed by atoms with Crippen LogP contribution in [0.4, 0.5) is 5.82 Å². The summed E-state index contributed by atoms with van der Waals surface area (Å²) in [5.41, 5.74) is 3.91. The number of aromatic nitrogens is 2. The van der Waals surface area contributed by atoms with Crippen LogP contribution in [0, 0.1) is 0 Å². The molecule has 0 fully saturated rings. The molecule has 1 N–H and O–H groups in total. The van der Waals surface area contributed by atoms with Gasteiger partial charge in [0.05, 0.1) is 5.56 Å². The SMILES string of the molecule is CCCc1c(NC)ncnc1Oc1ccc2c(c1)CCC2. The highest BCUT2D eigenvalue weighted by atomic mass is 16.5. The van der Waals surface area contributed by atoms with Gasteiger partial charge in [-0.2, -0.15) is 0 Å². The first-order chi connectivity index (χ1) is 10.3. The summed E-state index contributed by atoms with van der Waals surface area (Å²) in [6.07, 6.45) is 7.07. The summed E-state index contributed by atoms with van der Waals surface area (Å²) < 4.78 is 6.04. The smallest absolute Gasteiger partial charge is 0.227 e. The molecule has 1 aliphatic carbocycles. The zero-order chi connectivity index (χ0) is 14.7. The molecule has 1 aromatic heterocycles. The Kier molecular flexibility index (Phi) is 4.04. The van der Waals surface area contributed by atoms with Crippen molar-refractivity contribution in [2.45, 2.75) is 39.0 Å². The lowest BCUT2D eigenvalue weighted by molar-refractivity contribution is 0.454. The number of hydrogen-bond donors (Lipinski definition) is 1. The second-order valence-corrected chi connectivity index (χ2v) is 5.39. The quantitative estimate of drug-likeness (QED) is 0.907. The van der Waals surface area contributed by atoms with E-state index in [1.807, 2.05) is 13.1 Å². The molecule has 0 unspecified atom stereocenters. The third-order valence-electron chi connectivity index (χ3n) is 3.93. The molecule has 4 nitrogen and oxygen atoms in total. The van der Waals surface area contributed by atoms with E-state index in [1.165, 1.54) is 24.0 Å². The molecule has 0 saturated heterocycles. The normalized spacial score (nSPS) is 13.0. The van der Waals surface area contributed by atoms with Crippen LogP contribution in [0.25, 0.3) is 0 Å². The van der Waals surface area contributed by atoms with Crippen molar-refractivity contribution in [2.24, 2.45) is 0 Å². The highest BCUT2D eigenvalue weighted by molar-refractivity contribution is 5.50. The number of fused-ring (bicyclic) bond motifs is 1. The highest BCUT2D eigenvalue weighted by Gasteiger charge is 2.15. The van der Waals surface area contributed by atoms with Crippen LogP contribution in [0.2, 0.25) is 0 Å². The van der Waals surface area contributed by atoms with Gasteiger partial charge in [0.1, 0.15) is 17.9 Å². The Morgan fingerprint density at radius 3 is 2.86 bits per heavy atom. The van der Waals surface area contributed by atoms with Crippen LogP contribution in [0.1, 0.15) is 36.5 Å². The minimum Gasteiger partial charge on any atom is -0.439 e. The number of rotatable bonds is 5. The standard InChI is InChI=1S/C17H21N3O/c1-3-5-15-16(18-2)19-11-20-17(15)21-14-9-8-12-6-4-7-13(12)10-14/h8-11H,3-7H2,1-2H3,(H,18,19,20). The topological polar surface area (TPSA) is 47.0 Å². The lowest BCUT2D eigenvalue weighted by Crippen LogP contribution is -2.03. The number of anilines is 1. The number of hydrogen-bond acceptors (Lipinski definition) is 4. The van der Waals surface area contributed by atoms with Gasteiger partial charge in [-0.15, -0.1) is 0 Å². The Bertz CT molecular complexity index is 640. The predicted octanol–water partition coefficient (Wildman–Crippen LogP) is 3.75. The summed E-state index contributed by atoms with van der Waals surface area (Å²) in [6.45, 7) is 2.14. The van der Waals surface area contributed by atoms with Crippen LogP contribution >= 0.6 is 0 Å². The zero-order valence-electron chi connectivity index (χ0n) is 12.6. The molecule has 0 bridgehead atoms. The minimum atomic E-state index is 0.661. The summed E-state index contributed by atoms with van der Waals surface area (Å²) in [5, 5.41) is 3.12. The molecule has 0 aliphatic heterocycles. The van der Waals surface area contributed by atoms with Gasteiger partial charge in [0, 0.05) is 7.05 Å². The monoisotopic (exact) mass is 283 g/mol. The van der Waals surface area contributed by atoms with Crippen molar-refractivity contribution in [3.05, 3.63) is 41.2 Å². The van der Waals surface area contributed by atoms with E-state index in [9.17, 15) is 0 Å². The molecule has 4 heteroatoms. The molecule has 0 amide bonds. The summed E-state index contributed by atoms with van der Waals surface area (Å²) in [4.78, 5) is 8.60. The predicted molar refractivity (Wildman–Crippen MR) is 84.1 cm³/mol. The molecule has 0 spiro atoms. The van der Waals surface area contributed by atoms with Gasteiger partial charge in [-0.3, -0.25) is 0 Å². The Balaban J connectivity index is 1.90. The van der Waals surface area contributed by atoms with E-state index in [0.717, 1.165) is 36.4 Å². The van der Waals surface area contributed by atoms with Crippen molar-refractivity contribution >= 4 is 5.82 Å². The fourth-order valence-corrected chi connectivity index (χ4v) is 2.90. The summed E-state index contributed by atoms with van der Waals surface area (Å²) in [6, 6.07) is 6.37. The first kappa shape index (κ1) is 13.9. The van der Waals surface area contributed by atoms with Crippen molar-refractivity contribution in [2.75, 3.05) is 12.4 Å². The van der Waals surface area contributed by atoms with Gasteiger partial charge < -0.3 is 10.1 Å². The van der Waals surface area contributed by atoms with E-state index in [0.29, 0.717) is 5.88 Å². The van der Waals surface area contributed by atoms with E-state index in [-0.39, 0.29) is 0 Å². The lowest BCUT2D eigenvalue weighted by atomic mass is 10.1. The largest absolute Gasteiger partial charge is 0.439 e. The van der Waals surface area contributed by atoms with Crippen LogP contribution in [-0.2, 0) is 19.3 Å². The number of benzene rings is 1. The van der Waals surface area contributed by atoms with Crippen molar-refractivity contribution < 1.29 is 4.74 Å². The number of nitrogens with one attached hydrogen (secondary N) is 1. The van der Waals surface area contributed by atoms with Crippen LogP contribution in [-0.4, -0.2) is 17.0 Å². The zero-order valence-corrected chi connectivity index (χ0v) is 12.6. The summed E-state index contributed by atoms with van der Waals surface area (Å²) in [7, 11) is 1.88. The third-order valence-corrected chi connectivity index (χ3v) is 3.93. The molecule has 21 heavy (non-hydrogen) atoms. The van der Waals surface area contributed by atoms with Crippen LogP contribution in [0.15, 0.2) is 24.5 Å². The molecule has 1 aromatic carbocycles. The molecule has 0 radical (unpaired) electrons. The van der Waals surface area contributed by atoms with Crippen molar-refractivity contribution in [1.29, 1.82) is 0 Å². The van der Waals surface area contributed by atoms with Gasteiger partial charge in [0.15, 0.2) is 0 Å². The molecule has 3 rings (SSSR count). The van der Waals surface area contributed by atoms with E-state index < -0.39 is 0 Å². The minimum absolute atomic E-state index is 0.661. The van der Waals surface area contributed by atoms with Crippen molar-refractivity contribution in [1.82, 2.24) is 9.97 Å². The lowest BCUT2D eigenvalue weighted by Gasteiger charge is -2.13. The average Bonchev–Trinajstić information content (AvgIpc) is 2.96. The second kappa shape index (κ2) is 6.12. The van der Waals surface area contributed by atoms with Gasteiger partial charge in [-0.1, -0.05) is 19.4 Å². The molecule has 0 atom stereocenters. The fraction of sp³-hybridized carbons (Fsp3) is 0.412. The Hall–Kier alpha value is -2.10. The van der Waals surface area contributed by atoms with E-state index in [1.54, 1.807) is 6.33 Å². The second-order valence-electron chi connectivity index (χ2n) is 5.39. The first-order valence-electron chi connectivity index (χ1n) is 7.63. The van der Waals surface area contributed by atoms with Crippen LogP contribution < -0.4 is 10.1 Å². The number of nitrogens with zero attached hydrogens (tertiary/aromatic N) is 2. The van der Waals surface area contributed by atoms with Crippen molar-refractivity contribution in [3.8, 4) is 11.6 Å². The van der Waals surface area contributed by atoms with Crippen LogP contribution in [0.5, 0.6) is 11.6 Å². The van der Waals surface area contributed by atoms with Gasteiger partial charge in [0.2, 0.25) is 5.88 Å². The molecule has 0 saturated carbocycles. The fourth-order valence-electron chi connectivity index (χ4n) is 2.90. The first-order valence-corrected chi connectivity index (χ1v) is 7.63. The van der Waals surface area contributed by atoms with E-state index in [2.05, 4.69) is 34.3 Å². The van der Waals surface area contributed by atoms with Gasteiger partial charge in [-0.25, -0.2) is 9.97 Å². The van der Waals surface area contributed by atoms with E-state index in [4.69, 9.17) is 4.74 Å².